The van der Waals surface area contributed by atoms with Crippen molar-refractivity contribution in [3.8, 4) is 5.75 Å². The van der Waals surface area contributed by atoms with Crippen LogP contribution in [0.2, 0.25) is 0 Å². The fourth-order valence-electron chi connectivity index (χ4n) is 3.65. The first-order valence-electron chi connectivity index (χ1n) is 8.50. The van der Waals surface area contributed by atoms with Gasteiger partial charge in [-0.15, -0.1) is 0 Å². The van der Waals surface area contributed by atoms with Gasteiger partial charge in [0.25, 0.3) is 0 Å². The molecule has 0 aliphatic heterocycles. The molecule has 1 atom stereocenters. The molecule has 1 fully saturated rings. The molecule has 0 radical (unpaired) electrons. The van der Waals surface area contributed by atoms with Gasteiger partial charge in [-0.25, -0.2) is 0 Å². The normalized spacial score (nSPS) is 24.0. The molecule has 4 heteroatoms. The molecule has 120 valence electrons. The summed E-state index contributed by atoms with van der Waals surface area (Å²) in [4.78, 5) is 0. The van der Waals surface area contributed by atoms with Crippen molar-refractivity contribution in [2.24, 2.45) is 18.9 Å². The Morgan fingerprint density at radius 3 is 2.62 bits per heavy atom. The number of methoxy groups -OCH3 is 1. The van der Waals surface area contributed by atoms with Crippen molar-refractivity contribution in [3.05, 3.63) is 11.9 Å². The van der Waals surface area contributed by atoms with E-state index in [-0.39, 0.29) is 0 Å². The molecule has 0 saturated heterocycles. The highest BCUT2D eigenvalue weighted by Gasteiger charge is 2.31. The topological polar surface area (TPSA) is 39.1 Å². The summed E-state index contributed by atoms with van der Waals surface area (Å²) in [5.74, 6) is 2.55. The summed E-state index contributed by atoms with van der Waals surface area (Å²) < 4.78 is 7.52. The Balaban J connectivity index is 2.16. The van der Waals surface area contributed by atoms with Gasteiger partial charge in [0.15, 0.2) is 5.75 Å². The van der Waals surface area contributed by atoms with Gasteiger partial charge in [0.2, 0.25) is 0 Å². The maximum absolute atomic E-state index is 5.54. The van der Waals surface area contributed by atoms with Gasteiger partial charge in [0.1, 0.15) is 0 Å². The number of ether oxygens (including phenoxy) is 1. The second kappa shape index (κ2) is 7.83. The molecular weight excluding hydrogens is 262 g/mol. The van der Waals surface area contributed by atoms with Crippen molar-refractivity contribution >= 4 is 0 Å². The third-order valence-electron chi connectivity index (χ3n) is 5.02. The average molecular weight is 293 g/mol. The molecule has 1 unspecified atom stereocenters. The largest absolute Gasteiger partial charge is 0.493 e. The van der Waals surface area contributed by atoms with E-state index in [0.717, 1.165) is 24.6 Å². The van der Waals surface area contributed by atoms with Crippen LogP contribution < -0.4 is 10.1 Å². The number of aryl methyl sites for hydroxylation is 1. The van der Waals surface area contributed by atoms with Crippen LogP contribution in [0.3, 0.4) is 0 Å². The monoisotopic (exact) mass is 293 g/mol. The van der Waals surface area contributed by atoms with Gasteiger partial charge < -0.3 is 10.1 Å². The standard InChI is InChI=1S/C17H31N3O/c1-5-11-18-16(14-9-7-13(6-2)8-10-14)17-15(21-4)12-19-20(17)3/h12-14,16,18H,5-11H2,1-4H3. The first kappa shape index (κ1) is 16.3. The molecule has 1 aromatic rings. The highest BCUT2D eigenvalue weighted by atomic mass is 16.5. The second-order valence-corrected chi connectivity index (χ2v) is 6.34. The van der Waals surface area contributed by atoms with Crippen LogP contribution in [0.5, 0.6) is 5.75 Å². The highest BCUT2D eigenvalue weighted by molar-refractivity contribution is 5.29. The smallest absolute Gasteiger partial charge is 0.161 e. The Bertz CT molecular complexity index is 422. The van der Waals surface area contributed by atoms with E-state index in [1.165, 1.54) is 37.8 Å². The molecule has 1 saturated carbocycles. The van der Waals surface area contributed by atoms with E-state index in [9.17, 15) is 0 Å². The molecule has 0 amide bonds. The Labute approximate surface area is 129 Å². The van der Waals surface area contributed by atoms with Crippen molar-refractivity contribution in [3.63, 3.8) is 0 Å². The van der Waals surface area contributed by atoms with Crippen molar-refractivity contribution < 1.29 is 4.74 Å². The van der Waals surface area contributed by atoms with Gasteiger partial charge in [-0.2, -0.15) is 5.10 Å². The first-order valence-corrected chi connectivity index (χ1v) is 8.50. The van der Waals surface area contributed by atoms with Crippen molar-refractivity contribution in [2.75, 3.05) is 13.7 Å². The lowest BCUT2D eigenvalue weighted by molar-refractivity contribution is 0.210. The van der Waals surface area contributed by atoms with Gasteiger partial charge in [0.05, 0.1) is 25.0 Å². The number of aromatic nitrogens is 2. The number of nitrogens with zero attached hydrogens (tertiary/aromatic N) is 2. The van der Waals surface area contributed by atoms with E-state index >= 15 is 0 Å². The molecule has 4 nitrogen and oxygen atoms in total. The summed E-state index contributed by atoms with van der Waals surface area (Å²) in [7, 11) is 3.77. The van der Waals surface area contributed by atoms with Crippen LogP contribution >= 0.6 is 0 Å². The van der Waals surface area contributed by atoms with Gasteiger partial charge in [-0.1, -0.05) is 33.1 Å². The molecule has 1 aliphatic rings. The minimum absolute atomic E-state index is 0.366. The summed E-state index contributed by atoms with van der Waals surface area (Å²) in [5, 5.41) is 8.14. The zero-order valence-electron chi connectivity index (χ0n) is 14.1. The van der Waals surface area contributed by atoms with Crippen LogP contribution in [-0.4, -0.2) is 23.4 Å². The lowest BCUT2D eigenvalue weighted by Gasteiger charge is -2.34. The molecular formula is C17H31N3O. The van der Waals surface area contributed by atoms with Crippen molar-refractivity contribution in [2.45, 2.75) is 58.4 Å². The summed E-state index contributed by atoms with van der Waals surface area (Å²) in [5.41, 5.74) is 1.21. The number of rotatable bonds is 7. The number of hydrogen-bond acceptors (Lipinski definition) is 3. The summed E-state index contributed by atoms with van der Waals surface area (Å²) in [6.07, 6.45) is 9.68. The maximum atomic E-state index is 5.54. The van der Waals surface area contributed by atoms with Gasteiger partial charge in [-0.3, -0.25) is 4.68 Å². The van der Waals surface area contributed by atoms with Crippen LogP contribution in [-0.2, 0) is 7.05 Å². The van der Waals surface area contributed by atoms with Crippen LogP contribution in [0.15, 0.2) is 6.20 Å². The van der Waals surface area contributed by atoms with E-state index in [1.807, 2.05) is 17.9 Å². The molecule has 1 heterocycles. The molecule has 0 spiro atoms. The fourth-order valence-corrected chi connectivity index (χ4v) is 3.65. The third kappa shape index (κ3) is 3.79. The number of hydrogen-bond donors (Lipinski definition) is 1. The fraction of sp³-hybridized carbons (Fsp3) is 0.824. The van der Waals surface area contributed by atoms with Crippen LogP contribution in [0.4, 0.5) is 0 Å². The lowest BCUT2D eigenvalue weighted by Crippen LogP contribution is -2.33. The SMILES string of the molecule is CCCNC(c1c(OC)cnn1C)C1CCC(CC)CC1. The summed E-state index contributed by atoms with van der Waals surface area (Å²) >= 11 is 0. The van der Waals surface area contributed by atoms with E-state index in [4.69, 9.17) is 4.74 Å². The highest BCUT2D eigenvalue weighted by Crippen LogP contribution is 2.40. The molecule has 21 heavy (non-hydrogen) atoms. The van der Waals surface area contributed by atoms with Crippen molar-refractivity contribution in [1.82, 2.24) is 15.1 Å². The lowest BCUT2D eigenvalue weighted by atomic mass is 9.76. The van der Waals surface area contributed by atoms with E-state index in [0.29, 0.717) is 12.0 Å². The molecule has 0 aromatic carbocycles. The average Bonchev–Trinajstić information content (AvgIpc) is 2.89. The Hall–Kier alpha value is -1.03. The Morgan fingerprint density at radius 1 is 1.33 bits per heavy atom. The minimum Gasteiger partial charge on any atom is -0.493 e. The quantitative estimate of drug-likeness (QED) is 0.833. The van der Waals surface area contributed by atoms with Gasteiger partial charge in [0, 0.05) is 7.05 Å². The Kier molecular flexibility index (Phi) is 6.09. The minimum atomic E-state index is 0.366. The molecule has 0 bridgehead atoms. The second-order valence-electron chi connectivity index (χ2n) is 6.34. The predicted molar refractivity (Wildman–Crippen MR) is 86.5 cm³/mol. The van der Waals surface area contributed by atoms with E-state index in [1.54, 1.807) is 7.11 Å². The summed E-state index contributed by atoms with van der Waals surface area (Å²) in [6, 6.07) is 0.366. The molecule has 1 aromatic heterocycles. The van der Waals surface area contributed by atoms with Crippen LogP contribution in [0.1, 0.15) is 64.1 Å². The Morgan fingerprint density at radius 2 is 2.05 bits per heavy atom. The molecule has 1 N–H and O–H groups in total. The van der Waals surface area contributed by atoms with Crippen LogP contribution in [0.25, 0.3) is 0 Å². The van der Waals surface area contributed by atoms with Gasteiger partial charge >= 0.3 is 0 Å². The van der Waals surface area contributed by atoms with E-state index < -0.39 is 0 Å². The maximum Gasteiger partial charge on any atom is 0.161 e. The van der Waals surface area contributed by atoms with Gasteiger partial charge in [-0.05, 0) is 37.6 Å². The zero-order valence-corrected chi connectivity index (χ0v) is 14.1. The predicted octanol–water partition coefficient (Wildman–Crippen LogP) is 3.69. The molecule has 1 aliphatic carbocycles. The van der Waals surface area contributed by atoms with Crippen molar-refractivity contribution in [1.29, 1.82) is 0 Å². The number of nitrogens with one attached hydrogen (secondary N) is 1. The molecule has 2 rings (SSSR count). The summed E-state index contributed by atoms with van der Waals surface area (Å²) in [6.45, 7) is 5.59. The first-order chi connectivity index (χ1) is 10.2. The van der Waals surface area contributed by atoms with Crippen LogP contribution in [0, 0.1) is 11.8 Å². The zero-order chi connectivity index (χ0) is 15.2. The van der Waals surface area contributed by atoms with E-state index in [2.05, 4.69) is 24.3 Å². The third-order valence-corrected chi connectivity index (χ3v) is 5.02.